The monoisotopic (exact) mass is 326 g/mol. The Bertz CT molecular complexity index is 809. The third-order valence-electron chi connectivity index (χ3n) is 3.21. The zero-order chi connectivity index (χ0) is 17.7. The summed E-state index contributed by atoms with van der Waals surface area (Å²) in [7, 11) is 0. The number of ether oxygens (including phenoxy) is 2. The van der Waals surface area contributed by atoms with Crippen LogP contribution >= 0.6 is 0 Å². The van der Waals surface area contributed by atoms with Gasteiger partial charge in [-0.05, 0) is 50.2 Å². The van der Waals surface area contributed by atoms with Gasteiger partial charge in [0.1, 0.15) is 11.5 Å². The largest absolute Gasteiger partial charge is 0.479 e. The lowest BCUT2D eigenvalue weighted by Gasteiger charge is -2.14. The lowest BCUT2D eigenvalue weighted by Crippen LogP contribution is -2.28. The summed E-state index contributed by atoms with van der Waals surface area (Å²) in [5, 5.41) is 19.5. The topological polar surface area (TPSA) is 102 Å². The van der Waals surface area contributed by atoms with E-state index in [9.17, 15) is 14.9 Å². The second kappa shape index (κ2) is 7.24. The lowest BCUT2D eigenvalue weighted by molar-refractivity contribution is -0.385. The van der Waals surface area contributed by atoms with Gasteiger partial charge in [0.25, 0.3) is 5.69 Å². The molecule has 0 N–H and O–H groups in total. The van der Waals surface area contributed by atoms with Crippen molar-refractivity contribution in [2.45, 2.75) is 20.0 Å². The van der Waals surface area contributed by atoms with E-state index in [0.29, 0.717) is 16.9 Å². The molecule has 0 heterocycles. The predicted octanol–water partition coefficient (Wildman–Crippen LogP) is 3.15. The Kier molecular flexibility index (Phi) is 5.12. The van der Waals surface area contributed by atoms with Crippen LogP contribution in [-0.4, -0.2) is 17.0 Å². The average molecular weight is 326 g/mol. The minimum absolute atomic E-state index is 0.0447. The molecule has 0 radical (unpaired) electrons. The van der Waals surface area contributed by atoms with E-state index in [0.717, 1.165) is 0 Å². The number of hydrogen-bond donors (Lipinski definition) is 0. The van der Waals surface area contributed by atoms with Crippen LogP contribution in [0.5, 0.6) is 11.5 Å². The van der Waals surface area contributed by atoms with Gasteiger partial charge < -0.3 is 9.47 Å². The minimum Gasteiger partial charge on any atom is -0.479 e. The molecule has 0 aliphatic rings. The first-order valence-corrected chi connectivity index (χ1v) is 7.04. The molecule has 0 bridgehead atoms. The van der Waals surface area contributed by atoms with E-state index < -0.39 is 17.0 Å². The number of nitrogens with zero attached hydrogens (tertiary/aromatic N) is 2. The molecule has 7 heteroatoms. The molecule has 1 atom stereocenters. The molecule has 122 valence electrons. The van der Waals surface area contributed by atoms with E-state index in [1.54, 1.807) is 31.2 Å². The highest BCUT2D eigenvalue weighted by Crippen LogP contribution is 2.23. The predicted molar refractivity (Wildman–Crippen MR) is 84.7 cm³/mol. The molecule has 1 unspecified atom stereocenters. The normalized spacial score (nSPS) is 11.2. The second-order valence-corrected chi connectivity index (χ2v) is 5.02. The third-order valence-corrected chi connectivity index (χ3v) is 3.21. The van der Waals surface area contributed by atoms with Gasteiger partial charge in [-0.25, -0.2) is 4.79 Å². The maximum Gasteiger partial charge on any atom is 0.352 e. The average Bonchev–Trinajstić information content (AvgIpc) is 2.55. The Balaban J connectivity index is 2.02. The van der Waals surface area contributed by atoms with Crippen molar-refractivity contribution in [2.24, 2.45) is 0 Å². The van der Waals surface area contributed by atoms with Gasteiger partial charge in [-0.2, -0.15) is 5.26 Å². The zero-order valence-corrected chi connectivity index (χ0v) is 13.1. The smallest absolute Gasteiger partial charge is 0.352 e. The first-order valence-electron chi connectivity index (χ1n) is 7.04. The molecule has 2 rings (SSSR count). The highest BCUT2D eigenvalue weighted by atomic mass is 16.6. The van der Waals surface area contributed by atoms with Gasteiger partial charge in [0.2, 0.25) is 0 Å². The fourth-order valence-electron chi connectivity index (χ4n) is 1.96. The number of hydrogen-bond acceptors (Lipinski definition) is 6. The van der Waals surface area contributed by atoms with Gasteiger partial charge in [0.05, 0.1) is 16.6 Å². The molecule has 2 aromatic rings. The van der Waals surface area contributed by atoms with Gasteiger partial charge in [0, 0.05) is 11.6 Å². The van der Waals surface area contributed by atoms with Crippen LogP contribution in [0.4, 0.5) is 5.69 Å². The Morgan fingerprint density at radius 1 is 1.21 bits per heavy atom. The van der Waals surface area contributed by atoms with Crippen molar-refractivity contribution in [1.29, 1.82) is 5.26 Å². The molecule has 0 saturated heterocycles. The summed E-state index contributed by atoms with van der Waals surface area (Å²) in [4.78, 5) is 22.3. The number of carbonyl (C=O) groups is 1. The SMILES string of the molecule is Cc1cc(OC(=O)C(C)Oc2ccc(C#N)cc2)ccc1[N+](=O)[O-]. The maximum absolute atomic E-state index is 12.0. The van der Waals surface area contributed by atoms with Gasteiger partial charge in [-0.15, -0.1) is 0 Å². The Morgan fingerprint density at radius 2 is 1.83 bits per heavy atom. The molecule has 0 aliphatic heterocycles. The fraction of sp³-hybridized carbons (Fsp3) is 0.176. The number of carbonyl (C=O) groups excluding carboxylic acids is 1. The van der Waals surface area contributed by atoms with Gasteiger partial charge in [-0.1, -0.05) is 0 Å². The van der Waals surface area contributed by atoms with E-state index in [2.05, 4.69) is 0 Å². The maximum atomic E-state index is 12.0. The first-order chi connectivity index (χ1) is 11.4. The van der Waals surface area contributed by atoms with E-state index >= 15 is 0 Å². The summed E-state index contributed by atoms with van der Waals surface area (Å²) in [6.45, 7) is 3.09. The Labute approximate surface area is 138 Å². The zero-order valence-electron chi connectivity index (χ0n) is 13.1. The number of nitriles is 1. The van der Waals surface area contributed by atoms with Gasteiger partial charge in [0.15, 0.2) is 6.10 Å². The van der Waals surface area contributed by atoms with E-state index in [1.165, 1.54) is 25.1 Å². The molecule has 2 aromatic carbocycles. The van der Waals surface area contributed by atoms with E-state index in [-0.39, 0.29) is 11.4 Å². The van der Waals surface area contributed by atoms with Crippen molar-refractivity contribution in [3.05, 3.63) is 63.7 Å². The van der Waals surface area contributed by atoms with Crippen LogP contribution in [0.15, 0.2) is 42.5 Å². The number of esters is 1. The molecule has 0 aliphatic carbocycles. The number of rotatable bonds is 5. The highest BCUT2D eigenvalue weighted by Gasteiger charge is 2.19. The van der Waals surface area contributed by atoms with Crippen LogP contribution in [0.2, 0.25) is 0 Å². The number of nitro groups is 1. The van der Waals surface area contributed by atoms with Crippen molar-refractivity contribution >= 4 is 11.7 Å². The Morgan fingerprint density at radius 3 is 2.38 bits per heavy atom. The van der Waals surface area contributed by atoms with Crippen molar-refractivity contribution in [1.82, 2.24) is 0 Å². The lowest BCUT2D eigenvalue weighted by atomic mass is 10.2. The summed E-state index contributed by atoms with van der Waals surface area (Å²) < 4.78 is 10.6. The van der Waals surface area contributed by atoms with Crippen LogP contribution < -0.4 is 9.47 Å². The van der Waals surface area contributed by atoms with Gasteiger partial charge in [-0.3, -0.25) is 10.1 Å². The summed E-state index contributed by atoms with van der Waals surface area (Å²) in [5.74, 6) is 0.00400. The quantitative estimate of drug-likeness (QED) is 0.362. The van der Waals surface area contributed by atoms with Crippen LogP contribution in [0.3, 0.4) is 0 Å². The molecular formula is C17H14N2O5. The number of benzene rings is 2. The number of nitro benzene ring substituents is 1. The Hall–Kier alpha value is -3.40. The van der Waals surface area contributed by atoms with Crippen molar-refractivity contribution in [3.63, 3.8) is 0 Å². The fourth-order valence-corrected chi connectivity index (χ4v) is 1.96. The molecule has 0 saturated carbocycles. The molecule has 24 heavy (non-hydrogen) atoms. The molecule has 0 aromatic heterocycles. The summed E-state index contributed by atoms with van der Waals surface area (Å²) >= 11 is 0. The number of aryl methyl sites for hydroxylation is 1. The molecule has 0 fully saturated rings. The molecule has 0 spiro atoms. The van der Waals surface area contributed by atoms with E-state index in [4.69, 9.17) is 14.7 Å². The van der Waals surface area contributed by atoms with Gasteiger partial charge >= 0.3 is 5.97 Å². The summed E-state index contributed by atoms with van der Waals surface area (Å²) in [6.07, 6.45) is -0.881. The summed E-state index contributed by atoms with van der Waals surface area (Å²) in [5.41, 5.74) is 0.835. The van der Waals surface area contributed by atoms with E-state index in [1.807, 2.05) is 6.07 Å². The molecular weight excluding hydrogens is 312 g/mol. The van der Waals surface area contributed by atoms with Crippen LogP contribution in [0.1, 0.15) is 18.1 Å². The molecule has 7 nitrogen and oxygen atoms in total. The van der Waals surface area contributed by atoms with Crippen molar-refractivity contribution < 1.29 is 19.2 Å². The van der Waals surface area contributed by atoms with Crippen molar-refractivity contribution in [3.8, 4) is 17.6 Å². The minimum atomic E-state index is -0.881. The molecule has 0 amide bonds. The summed E-state index contributed by atoms with van der Waals surface area (Å²) in [6, 6.07) is 12.4. The van der Waals surface area contributed by atoms with Crippen LogP contribution in [0.25, 0.3) is 0 Å². The highest BCUT2D eigenvalue weighted by molar-refractivity contribution is 5.77. The van der Waals surface area contributed by atoms with Crippen LogP contribution in [0, 0.1) is 28.4 Å². The van der Waals surface area contributed by atoms with Crippen LogP contribution in [-0.2, 0) is 4.79 Å². The standard InChI is InChI=1S/C17H14N2O5/c1-11-9-15(7-8-16(11)19(21)22)24-17(20)12(2)23-14-5-3-13(10-18)4-6-14/h3-9,12H,1-2H3. The van der Waals surface area contributed by atoms with Crippen molar-refractivity contribution in [2.75, 3.05) is 0 Å². The second-order valence-electron chi connectivity index (χ2n) is 5.02. The third kappa shape index (κ3) is 4.08. The first kappa shape index (κ1) is 17.0.